The minimum absolute atomic E-state index is 0.0381. The van der Waals surface area contributed by atoms with E-state index in [1.165, 1.54) is 37.7 Å². The van der Waals surface area contributed by atoms with Gasteiger partial charge in [-0.05, 0) is 43.4 Å². The minimum atomic E-state index is -0.0381. The van der Waals surface area contributed by atoms with Gasteiger partial charge in [0.1, 0.15) is 0 Å². The van der Waals surface area contributed by atoms with Crippen LogP contribution < -0.4 is 10.6 Å². The van der Waals surface area contributed by atoms with Gasteiger partial charge >= 0.3 is 0 Å². The number of carbonyl (C=O) groups is 1. The quantitative estimate of drug-likeness (QED) is 0.884. The van der Waals surface area contributed by atoms with Crippen molar-refractivity contribution in [3.63, 3.8) is 0 Å². The van der Waals surface area contributed by atoms with Crippen LogP contribution in [0.15, 0.2) is 24.3 Å². The molecule has 3 heteroatoms. The lowest BCUT2D eigenvalue weighted by Crippen LogP contribution is -2.40. The Kier molecular flexibility index (Phi) is 4.36. The third-order valence-corrected chi connectivity index (χ3v) is 4.71. The van der Waals surface area contributed by atoms with Crippen LogP contribution in [0.4, 0.5) is 5.69 Å². The van der Waals surface area contributed by atoms with Gasteiger partial charge in [-0.2, -0.15) is 0 Å². The van der Waals surface area contributed by atoms with Crippen molar-refractivity contribution in [3.05, 3.63) is 29.8 Å². The van der Waals surface area contributed by atoms with Crippen LogP contribution in [0.3, 0.4) is 0 Å². The monoisotopic (exact) mass is 272 g/mol. The fourth-order valence-corrected chi connectivity index (χ4v) is 3.47. The first kappa shape index (κ1) is 13.6. The van der Waals surface area contributed by atoms with Crippen LogP contribution in [0, 0.1) is 5.92 Å². The van der Waals surface area contributed by atoms with Crippen LogP contribution >= 0.6 is 0 Å². The molecule has 20 heavy (non-hydrogen) atoms. The van der Waals surface area contributed by atoms with Gasteiger partial charge in [0, 0.05) is 5.69 Å². The fourth-order valence-electron chi connectivity index (χ4n) is 3.47. The van der Waals surface area contributed by atoms with Gasteiger partial charge in [0.2, 0.25) is 5.91 Å². The molecule has 1 heterocycles. The van der Waals surface area contributed by atoms with Crippen molar-refractivity contribution < 1.29 is 4.79 Å². The molecule has 1 saturated carbocycles. The van der Waals surface area contributed by atoms with Crippen molar-refractivity contribution in [2.45, 2.75) is 51.0 Å². The van der Waals surface area contributed by atoms with Crippen molar-refractivity contribution in [3.8, 4) is 0 Å². The molecular formula is C17H24N2O. The van der Waals surface area contributed by atoms with Gasteiger partial charge in [-0.25, -0.2) is 0 Å². The summed E-state index contributed by atoms with van der Waals surface area (Å²) in [4.78, 5) is 12.2. The Morgan fingerprint density at radius 3 is 2.80 bits per heavy atom. The van der Waals surface area contributed by atoms with E-state index in [1.54, 1.807) is 0 Å². The Hall–Kier alpha value is -1.35. The summed E-state index contributed by atoms with van der Waals surface area (Å²) in [6.45, 7) is 0.971. The Morgan fingerprint density at radius 2 is 1.95 bits per heavy atom. The van der Waals surface area contributed by atoms with E-state index in [1.807, 2.05) is 18.2 Å². The van der Waals surface area contributed by atoms with E-state index >= 15 is 0 Å². The number of carbonyl (C=O) groups excluding carboxylic acids is 1. The van der Waals surface area contributed by atoms with Gasteiger partial charge in [-0.1, -0.05) is 43.9 Å². The Morgan fingerprint density at radius 1 is 1.15 bits per heavy atom. The lowest BCUT2D eigenvalue weighted by Gasteiger charge is -2.16. The molecule has 1 aromatic carbocycles. The molecule has 1 aromatic rings. The third kappa shape index (κ3) is 3.21. The average molecular weight is 272 g/mol. The first-order valence-electron chi connectivity index (χ1n) is 7.95. The summed E-state index contributed by atoms with van der Waals surface area (Å²) in [5, 5.41) is 6.51. The summed E-state index contributed by atoms with van der Waals surface area (Å²) in [6.07, 6.45) is 8.63. The third-order valence-electron chi connectivity index (χ3n) is 4.71. The number of rotatable bonds is 4. The van der Waals surface area contributed by atoms with Crippen molar-refractivity contribution in [1.29, 1.82) is 0 Å². The highest BCUT2D eigenvalue weighted by molar-refractivity contribution is 5.96. The Bertz CT molecular complexity index is 466. The Labute approximate surface area is 121 Å². The summed E-state index contributed by atoms with van der Waals surface area (Å²) >= 11 is 0. The topological polar surface area (TPSA) is 41.1 Å². The standard InChI is InChI=1S/C17H24N2O/c20-17-16(18-12-11-13-5-1-2-6-13)10-9-14-7-3-4-8-15(14)19-17/h3-4,7-8,13,16,18H,1-2,5-6,9-12H2,(H,19,20). The number of nitrogens with one attached hydrogen (secondary N) is 2. The number of hydrogen-bond acceptors (Lipinski definition) is 2. The smallest absolute Gasteiger partial charge is 0.241 e. The number of benzene rings is 1. The number of para-hydroxylation sites is 1. The molecule has 1 aliphatic carbocycles. The number of anilines is 1. The maximum absolute atomic E-state index is 12.2. The average Bonchev–Trinajstić information content (AvgIpc) is 2.91. The second-order valence-electron chi connectivity index (χ2n) is 6.13. The highest BCUT2D eigenvalue weighted by atomic mass is 16.2. The molecule has 2 N–H and O–H groups in total. The molecule has 1 aliphatic heterocycles. The highest BCUT2D eigenvalue weighted by Gasteiger charge is 2.23. The molecule has 1 fully saturated rings. The van der Waals surface area contributed by atoms with Crippen molar-refractivity contribution in [1.82, 2.24) is 5.32 Å². The molecular weight excluding hydrogens is 248 g/mol. The number of aryl methyl sites for hydroxylation is 1. The SMILES string of the molecule is O=C1Nc2ccccc2CCC1NCCC1CCCC1. The molecule has 0 radical (unpaired) electrons. The number of fused-ring (bicyclic) bond motifs is 1. The van der Waals surface area contributed by atoms with E-state index in [4.69, 9.17) is 0 Å². The summed E-state index contributed by atoms with van der Waals surface area (Å²) in [6, 6.07) is 8.08. The summed E-state index contributed by atoms with van der Waals surface area (Å²) in [5.74, 6) is 1.01. The Balaban J connectivity index is 1.52. The molecule has 1 unspecified atom stereocenters. The minimum Gasteiger partial charge on any atom is -0.324 e. The van der Waals surface area contributed by atoms with Crippen molar-refractivity contribution in [2.24, 2.45) is 5.92 Å². The maximum atomic E-state index is 12.2. The molecule has 0 bridgehead atoms. The molecule has 1 atom stereocenters. The molecule has 1 amide bonds. The second-order valence-corrected chi connectivity index (χ2v) is 6.13. The van der Waals surface area contributed by atoms with Gasteiger partial charge in [0.05, 0.1) is 6.04 Å². The molecule has 3 rings (SSSR count). The van der Waals surface area contributed by atoms with Crippen LogP contribution in [0.5, 0.6) is 0 Å². The normalized spacial score (nSPS) is 23.2. The predicted molar refractivity (Wildman–Crippen MR) is 81.8 cm³/mol. The van der Waals surface area contributed by atoms with E-state index in [2.05, 4.69) is 16.7 Å². The number of hydrogen-bond donors (Lipinski definition) is 2. The highest BCUT2D eigenvalue weighted by Crippen LogP contribution is 2.27. The first-order chi connectivity index (χ1) is 9.83. The summed E-state index contributed by atoms with van der Waals surface area (Å²) < 4.78 is 0. The van der Waals surface area contributed by atoms with Gasteiger partial charge < -0.3 is 10.6 Å². The molecule has 3 nitrogen and oxygen atoms in total. The van der Waals surface area contributed by atoms with Gasteiger partial charge in [-0.3, -0.25) is 4.79 Å². The molecule has 0 spiro atoms. The number of amides is 1. The van der Waals surface area contributed by atoms with Gasteiger partial charge in [0.25, 0.3) is 0 Å². The molecule has 108 valence electrons. The van der Waals surface area contributed by atoms with E-state index < -0.39 is 0 Å². The maximum Gasteiger partial charge on any atom is 0.241 e. The lowest BCUT2D eigenvalue weighted by molar-refractivity contribution is -0.118. The summed E-state index contributed by atoms with van der Waals surface area (Å²) in [7, 11) is 0. The lowest BCUT2D eigenvalue weighted by atomic mass is 10.0. The van der Waals surface area contributed by atoms with Crippen LogP contribution in [-0.2, 0) is 11.2 Å². The zero-order valence-electron chi connectivity index (χ0n) is 12.0. The largest absolute Gasteiger partial charge is 0.324 e. The zero-order valence-corrected chi connectivity index (χ0v) is 12.0. The van der Waals surface area contributed by atoms with Crippen LogP contribution in [0.25, 0.3) is 0 Å². The van der Waals surface area contributed by atoms with Crippen LogP contribution in [0.1, 0.15) is 44.1 Å². The van der Waals surface area contributed by atoms with Crippen molar-refractivity contribution >= 4 is 11.6 Å². The predicted octanol–water partition coefficient (Wildman–Crippen LogP) is 3.11. The molecule has 2 aliphatic rings. The summed E-state index contributed by atoms with van der Waals surface area (Å²) in [5.41, 5.74) is 2.23. The first-order valence-corrected chi connectivity index (χ1v) is 7.95. The van der Waals surface area contributed by atoms with E-state index in [-0.39, 0.29) is 11.9 Å². The van der Waals surface area contributed by atoms with E-state index in [0.717, 1.165) is 31.0 Å². The zero-order chi connectivity index (χ0) is 13.8. The molecule has 0 aromatic heterocycles. The van der Waals surface area contributed by atoms with E-state index in [9.17, 15) is 4.79 Å². The molecule has 0 saturated heterocycles. The van der Waals surface area contributed by atoms with Crippen LogP contribution in [-0.4, -0.2) is 18.5 Å². The second kappa shape index (κ2) is 6.40. The van der Waals surface area contributed by atoms with E-state index in [0.29, 0.717) is 0 Å². The fraction of sp³-hybridized carbons (Fsp3) is 0.588. The van der Waals surface area contributed by atoms with Gasteiger partial charge in [0.15, 0.2) is 0 Å². The van der Waals surface area contributed by atoms with Crippen molar-refractivity contribution in [2.75, 3.05) is 11.9 Å². The van der Waals surface area contributed by atoms with Gasteiger partial charge in [-0.15, -0.1) is 0 Å². The van der Waals surface area contributed by atoms with Crippen LogP contribution in [0.2, 0.25) is 0 Å².